The predicted octanol–water partition coefficient (Wildman–Crippen LogP) is -10.9. The van der Waals surface area contributed by atoms with E-state index in [4.69, 9.17) is 0 Å². The van der Waals surface area contributed by atoms with Crippen molar-refractivity contribution in [3.63, 3.8) is 0 Å². The van der Waals surface area contributed by atoms with Crippen LogP contribution in [0.25, 0.3) is 0 Å². The number of halogens is 1. The van der Waals surface area contributed by atoms with Crippen molar-refractivity contribution in [2.24, 2.45) is 0 Å². The maximum absolute atomic E-state index is 0. The highest BCUT2D eigenvalue weighted by Gasteiger charge is -0.369. The van der Waals surface area contributed by atoms with E-state index in [1.165, 1.54) is 0 Å². The lowest BCUT2D eigenvalue weighted by molar-refractivity contribution is -0.0000125. The van der Waals surface area contributed by atoms with Gasteiger partial charge in [-0.15, -0.1) is 0 Å². The molecule has 11 nitrogen and oxygen atoms in total. The Hall–Kier alpha value is -0.150. The number of hydrogen-bond acceptors (Lipinski definition) is 0. The van der Waals surface area contributed by atoms with Crippen LogP contribution < -0.4 is 18.6 Å². The SMILES string of the molecule is O.O.O.O.O.O.O.O.O.O.[Cl-].[NH4+]. The molecule has 0 aromatic rings. The van der Waals surface area contributed by atoms with Gasteiger partial charge in [0.2, 0.25) is 0 Å². The first kappa shape index (κ1) is 62000. The van der Waals surface area contributed by atoms with E-state index in [2.05, 4.69) is 0 Å². The van der Waals surface area contributed by atoms with Crippen LogP contribution in [0.15, 0.2) is 0 Å². The molecule has 0 aliphatic rings. The summed E-state index contributed by atoms with van der Waals surface area (Å²) in [6.45, 7) is 0. The molecule has 0 aliphatic heterocycles. The van der Waals surface area contributed by atoms with Gasteiger partial charge in [-0.05, 0) is 0 Å². The Bertz CT molecular complexity index is 9.80. The zero-order chi connectivity index (χ0) is 0. The second kappa shape index (κ2) is 46800. The van der Waals surface area contributed by atoms with Gasteiger partial charge in [0.25, 0.3) is 0 Å². The average molecular weight is 234 g/mol. The minimum Gasteiger partial charge on any atom is -1.00 e. The van der Waals surface area contributed by atoms with E-state index in [1.54, 1.807) is 0 Å². The maximum atomic E-state index is 0. The largest absolute Gasteiger partial charge is 1.00 e. The fourth-order valence-electron chi connectivity index (χ4n) is 0. The van der Waals surface area contributed by atoms with Crippen molar-refractivity contribution in [1.29, 1.82) is 0 Å². The van der Waals surface area contributed by atoms with Crippen molar-refractivity contribution < 1.29 is 67.2 Å². The van der Waals surface area contributed by atoms with Crippen molar-refractivity contribution in [1.82, 2.24) is 6.15 Å². The molecular weight excluding hydrogens is 209 g/mol. The maximum Gasteiger partial charge on any atom is -0.369 e. The average Bonchev–Trinajstić information content (AvgIpc) is 0. The molecule has 0 aromatic carbocycles. The third-order valence-corrected chi connectivity index (χ3v) is 0. The molecule has 0 amide bonds. The van der Waals surface area contributed by atoms with E-state index in [-0.39, 0.29) is 73.3 Å². The van der Waals surface area contributed by atoms with Crippen LogP contribution in [0.2, 0.25) is 0 Å². The van der Waals surface area contributed by atoms with Crippen molar-refractivity contribution in [3.8, 4) is 0 Å². The fraction of sp³-hybridized carbons (Fsp3) is 0. The molecule has 0 saturated carbocycles. The summed E-state index contributed by atoms with van der Waals surface area (Å²) >= 11 is 0. The van der Waals surface area contributed by atoms with Crippen molar-refractivity contribution >= 4 is 0 Å². The van der Waals surface area contributed by atoms with Crippen LogP contribution in [0.1, 0.15) is 0 Å². The first-order valence-corrected chi connectivity index (χ1v) is 0. The highest BCUT2D eigenvalue weighted by Crippen LogP contribution is -0.280. The van der Waals surface area contributed by atoms with E-state index in [1.807, 2.05) is 0 Å². The van der Waals surface area contributed by atoms with Gasteiger partial charge in [-0.25, -0.2) is 0 Å². The summed E-state index contributed by atoms with van der Waals surface area (Å²) in [5, 5.41) is 0. The summed E-state index contributed by atoms with van der Waals surface area (Å²) in [4.78, 5) is 0. The zero-order valence-electron chi connectivity index (χ0n) is 6.38. The molecule has 96 valence electrons. The van der Waals surface area contributed by atoms with Crippen molar-refractivity contribution in [2.45, 2.75) is 0 Å². The smallest absolute Gasteiger partial charge is 0.369 e. The monoisotopic (exact) mass is 233 g/mol. The summed E-state index contributed by atoms with van der Waals surface area (Å²) < 4.78 is 0. The number of hydrogen-bond donors (Lipinski definition) is 1. The van der Waals surface area contributed by atoms with Crippen LogP contribution in [0.5, 0.6) is 0 Å². The predicted molar refractivity (Wildman–Crippen MR) is 42.1 cm³/mol. The van der Waals surface area contributed by atoms with Gasteiger partial charge in [0.1, 0.15) is 0 Å². The van der Waals surface area contributed by atoms with Gasteiger partial charge < -0.3 is 73.3 Å². The fourth-order valence-corrected chi connectivity index (χ4v) is 0. The zero-order valence-corrected chi connectivity index (χ0v) is 7.13. The molecule has 0 heterocycles. The third-order valence-electron chi connectivity index (χ3n) is 0. The van der Waals surface area contributed by atoms with Crippen molar-refractivity contribution in [3.05, 3.63) is 0 Å². The Morgan fingerprint density at radius 1 is 0.250 bits per heavy atom. The Morgan fingerprint density at radius 3 is 0.250 bits per heavy atom. The van der Waals surface area contributed by atoms with E-state index in [0.29, 0.717) is 0 Å². The second-order valence-electron chi connectivity index (χ2n) is 0. The van der Waals surface area contributed by atoms with Crippen molar-refractivity contribution in [2.75, 3.05) is 0 Å². The molecule has 12 heavy (non-hydrogen) atoms. The van der Waals surface area contributed by atoms with E-state index >= 15 is 0 Å². The Labute approximate surface area is 74.5 Å². The Morgan fingerprint density at radius 2 is 0.250 bits per heavy atom. The molecule has 0 aromatic heterocycles. The minimum absolute atomic E-state index is 0. The lowest BCUT2D eigenvalue weighted by atomic mass is 14.0. The highest BCUT2D eigenvalue weighted by atomic mass is 35.5. The van der Waals surface area contributed by atoms with Gasteiger partial charge in [-0.1, -0.05) is 0 Å². The number of quaternary nitrogens is 1. The molecule has 12 heteroatoms. The van der Waals surface area contributed by atoms with E-state index < -0.39 is 0 Å². The summed E-state index contributed by atoms with van der Waals surface area (Å²) in [5.41, 5.74) is 0. The Balaban J connectivity index is 0. The van der Waals surface area contributed by atoms with Crippen LogP contribution in [0, 0.1) is 0 Å². The van der Waals surface area contributed by atoms with Crippen LogP contribution in [-0.2, 0) is 0 Å². The molecular formula is H24ClNO10. The Kier molecular flexibility index (Phi) is 242000000. The van der Waals surface area contributed by atoms with E-state index in [9.17, 15) is 0 Å². The summed E-state index contributed by atoms with van der Waals surface area (Å²) in [7, 11) is 0. The standard InChI is InChI=1S/ClH.H3N.10H2O/h1H;1H3;10*1H2. The molecule has 0 unspecified atom stereocenters. The third kappa shape index (κ3) is 34300. The molecule has 0 rings (SSSR count). The molecule has 0 atom stereocenters. The molecule has 0 bridgehead atoms. The molecule has 0 aliphatic carbocycles. The highest BCUT2D eigenvalue weighted by molar-refractivity contribution is 2.13. The lowest BCUT2D eigenvalue weighted by Crippen LogP contribution is -3.00. The van der Waals surface area contributed by atoms with Gasteiger partial charge >= 0.3 is 0 Å². The van der Waals surface area contributed by atoms with E-state index in [0.717, 1.165) is 0 Å². The lowest BCUT2D eigenvalue weighted by Gasteiger charge is -1.00. The van der Waals surface area contributed by atoms with Crippen LogP contribution >= 0.6 is 0 Å². The molecule has 24 N–H and O–H groups in total. The quantitative estimate of drug-likeness (QED) is 0.407. The summed E-state index contributed by atoms with van der Waals surface area (Å²) in [6.07, 6.45) is 0. The topological polar surface area (TPSA) is 352 Å². The molecule has 0 spiro atoms. The van der Waals surface area contributed by atoms with Gasteiger partial charge in [0.15, 0.2) is 0 Å². The molecule has 0 fully saturated rings. The van der Waals surface area contributed by atoms with Crippen LogP contribution in [0.4, 0.5) is 0 Å². The van der Waals surface area contributed by atoms with Gasteiger partial charge in [-0.2, -0.15) is 0 Å². The summed E-state index contributed by atoms with van der Waals surface area (Å²) in [6, 6.07) is 0. The molecule has 0 saturated heterocycles. The molecule has 0 radical (unpaired) electrons. The van der Waals surface area contributed by atoms with Crippen LogP contribution in [0.3, 0.4) is 0 Å². The van der Waals surface area contributed by atoms with Gasteiger partial charge in [-0.3, -0.25) is 0 Å². The normalized spacial score (nSPS) is 0. The minimum atomic E-state index is 0. The first-order chi connectivity index (χ1) is 0. The second-order valence-corrected chi connectivity index (χ2v) is 0. The van der Waals surface area contributed by atoms with Gasteiger partial charge in [0.05, 0.1) is 0 Å². The summed E-state index contributed by atoms with van der Waals surface area (Å²) in [5.74, 6) is 0. The van der Waals surface area contributed by atoms with Crippen LogP contribution in [-0.4, -0.2) is 54.8 Å². The van der Waals surface area contributed by atoms with Gasteiger partial charge in [0, 0.05) is 0 Å². The first-order valence-electron chi connectivity index (χ1n) is 0. The number of rotatable bonds is 0.